The van der Waals surface area contributed by atoms with E-state index in [1.54, 1.807) is 0 Å². The number of benzene rings is 1. The molecule has 1 aliphatic rings. The fourth-order valence-electron chi connectivity index (χ4n) is 2.40. The first-order chi connectivity index (χ1) is 7.66. The minimum Gasteiger partial charge on any atom is -0.375 e. The van der Waals surface area contributed by atoms with E-state index in [2.05, 4.69) is 49.5 Å². The highest BCUT2D eigenvalue weighted by atomic mass is 16.5. The highest BCUT2D eigenvalue weighted by molar-refractivity contribution is 5.13. The van der Waals surface area contributed by atoms with Gasteiger partial charge in [-0.25, -0.2) is 0 Å². The zero-order valence-corrected chi connectivity index (χ0v) is 10.3. The fraction of sp³-hybridized carbons (Fsp3) is 0.571. The molecule has 0 saturated carbocycles. The standard InChI is InChI=1S/C14H21NO/c1-14(2)10-13(8-9-16-14)15-11-12-6-4-3-5-7-12/h3-7,13,15H,8-11H2,1-2H3/p+1/t13-/m0/s1. The predicted molar refractivity (Wildman–Crippen MR) is 65.1 cm³/mol. The second-order valence-corrected chi connectivity index (χ2v) is 5.29. The van der Waals surface area contributed by atoms with E-state index in [0.29, 0.717) is 6.04 Å². The van der Waals surface area contributed by atoms with E-state index in [-0.39, 0.29) is 5.60 Å². The van der Waals surface area contributed by atoms with Crippen molar-refractivity contribution in [2.24, 2.45) is 0 Å². The Bertz CT molecular complexity index is 321. The zero-order valence-electron chi connectivity index (χ0n) is 10.3. The van der Waals surface area contributed by atoms with Gasteiger partial charge in [-0.05, 0) is 13.8 Å². The van der Waals surface area contributed by atoms with Crippen LogP contribution in [-0.4, -0.2) is 18.2 Å². The van der Waals surface area contributed by atoms with Crippen LogP contribution in [0, 0.1) is 0 Å². The summed E-state index contributed by atoms with van der Waals surface area (Å²) in [6, 6.07) is 11.4. The van der Waals surface area contributed by atoms with Crippen LogP contribution >= 0.6 is 0 Å². The highest BCUT2D eigenvalue weighted by Crippen LogP contribution is 2.22. The first kappa shape index (κ1) is 11.6. The quantitative estimate of drug-likeness (QED) is 0.824. The Balaban J connectivity index is 1.82. The minimum atomic E-state index is 0.0656. The van der Waals surface area contributed by atoms with Crippen molar-refractivity contribution in [3.63, 3.8) is 0 Å². The largest absolute Gasteiger partial charge is 0.375 e. The number of hydrogen-bond donors (Lipinski definition) is 1. The third kappa shape index (κ3) is 3.32. The highest BCUT2D eigenvalue weighted by Gasteiger charge is 2.30. The molecule has 1 aromatic rings. The van der Waals surface area contributed by atoms with E-state index in [1.807, 2.05) is 0 Å². The van der Waals surface area contributed by atoms with E-state index in [1.165, 1.54) is 12.0 Å². The molecule has 1 atom stereocenters. The van der Waals surface area contributed by atoms with Crippen molar-refractivity contribution in [1.29, 1.82) is 0 Å². The van der Waals surface area contributed by atoms with Gasteiger partial charge < -0.3 is 10.1 Å². The molecule has 2 nitrogen and oxygen atoms in total. The molecule has 2 heteroatoms. The zero-order chi connectivity index (χ0) is 11.4. The molecule has 2 N–H and O–H groups in total. The fourth-order valence-corrected chi connectivity index (χ4v) is 2.40. The average Bonchev–Trinajstić information content (AvgIpc) is 2.27. The van der Waals surface area contributed by atoms with Crippen LogP contribution < -0.4 is 5.32 Å². The van der Waals surface area contributed by atoms with Crippen molar-refractivity contribution in [3.8, 4) is 0 Å². The van der Waals surface area contributed by atoms with Crippen LogP contribution in [0.3, 0.4) is 0 Å². The van der Waals surface area contributed by atoms with Crippen LogP contribution in [-0.2, 0) is 11.3 Å². The first-order valence-corrected chi connectivity index (χ1v) is 6.17. The van der Waals surface area contributed by atoms with Crippen LogP contribution in [0.25, 0.3) is 0 Å². The lowest BCUT2D eigenvalue weighted by Crippen LogP contribution is -2.89. The van der Waals surface area contributed by atoms with Crippen molar-refractivity contribution in [2.75, 3.05) is 6.61 Å². The second kappa shape index (κ2) is 4.98. The second-order valence-electron chi connectivity index (χ2n) is 5.29. The molecule has 1 saturated heterocycles. The molecule has 1 aromatic carbocycles. The molecule has 0 bridgehead atoms. The van der Waals surface area contributed by atoms with E-state index in [4.69, 9.17) is 4.74 Å². The molecule has 0 radical (unpaired) electrons. The number of hydrogen-bond acceptors (Lipinski definition) is 1. The monoisotopic (exact) mass is 220 g/mol. The van der Waals surface area contributed by atoms with Crippen molar-refractivity contribution in [1.82, 2.24) is 0 Å². The Hall–Kier alpha value is -0.860. The maximum absolute atomic E-state index is 5.73. The lowest BCUT2D eigenvalue weighted by Gasteiger charge is -2.34. The van der Waals surface area contributed by atoms with Crippen molar-refractivity contribution in [3.05, 3.63) is 35.9 Å². The molecule has 16 heavy (non-hydrogen) atoms. The van der Waals surface area contributed by atoms with Gasteiger partial charge in [0.25, 0.3) is 0 Å². The van der Waals surface area contributed by atoms with Gasteiger partial charge in [-0.3, -0.25) is 0 Å². The number of ether oxygens (including phenoxy) is 1. The van der Waals surface area contributed by atoms with Gasteiger partial charge >= 0.3 is 0 Å². The molecule has 0 amide bonds. The van der Waals surface area contributed by atoms with Gasteiger partial charge in [0.05, 0.1) is 18.2 Å². The molecule has 1 fully saturated rings. The summed E-state index contributed by atoms with van der Waals surface area (Å²) >= 11 is 0. The van der Waals surface area contributed by atoms with E-state index in [9.17, 15) is 0 Å². The van der Waals surface area contributed by atoms with Gasteiger partial charge in [-0.15, -0.1) is 0 Å². The first-order valence-electron chi connectivity index (χ1n) is 6.17. The molecule has 1 heterocycles. The lowest BCUT2D eigenvalue weighted by molar-refractivity contribution is -0.709. The number of rotatable bonds is 3. The summed E-state index contributed by atoms with van der Waals surface area (Å²) in [4.78, 5) is 0. The van der Waals surface area contributed by atoms with Gasteiger partial charge in [0.1, 0.15) is 6.54 Å². The Morgan fingerprint density at radius 1 is 1.31 bits per heavy atom. The van der Waals surface area contributed by atoms with Gasteiger partial charge in [-0.2, -0.15) is 0 Å². The predicted octanol–water partition coefficient (Wildman–Crippen LogP) is 1.71. The number of quaternary nitrogens is 1. The Morgan fingerprint density at radius 3 is 2.75 bits per heavy atom. The van der Waals surface area contributed by atoms with Gasteiger partial charge in [0, 0.05) is 18.4 Å². The topological polar surface area (TPSA) is 25.8 Å². The van der Waals surface area contributed by atoms with Crippen molar-refractivity contribution in [2.45, 2.75) is 44.9 Å². The molecule has 0 aliphatic carbocycles. The maximum Gasteiger partial charge on any atom is 0.101 e. The summed E-state index contributed by atoms with van der Waals surface area (Å²) in [7, 11) is 0. The van der Waals surface area contributed by atoms with Crippen molar-refractivity contribution < 1.29 is 10.1 Å². The van der Waals surface area contributed by atoms with E-state index >= 15 is 0 Å². The normalized spacial score (nSPS) is 24.2. The third-order valence-electron chi connectivity index (χ3n) is 3.26. The van der Waals surface area contributed by atoms with E-state index < -0.39 is 0 Å². The molecular formula is C14H22NO+. The van der Waals surface area contributed by atoms with Crippen LogP contribution in [0.4, 0.5) is 0 Å². The summed E-state index contributed by atoms with van der Waals surface area (Å²) in [5, 5.41) is 2.46. The molecule has 0 spiro atoms. The molecule has 0 aromatic heterocycles. The average molecular weight is 220 g/mol. The maximum atomic E-state index is 5.73. The van der Waals surface area contributed by atoms with Crippen molar-refractivity contribution >= 4 is 0 Å². The molecular weight excluding hydrogens is 198 g/mol. The van der Waals surface area contributed by atoms with Crippen LogP contribution in [0.2, 0.25) is 0 Å². The Morgan fingerprint density at radius 2 is 2.06 bits per heavy atom. The van der Waals surface area contributed by atoms with E-state index in [0.717, 1.165) is 19.6 Å². The SMILES string of the molecule is CC1(C)C[C@@H]([NH2+]Cc2ccccc2)CCO1. The molecule has 0 unspecified atom stereocenters. The molecule has 1 aliphatic heterocycles. The minimum absolute atomic E-state index is 0.0656. The van der Waals surface area contributed by atoms with Gasteiger partial charge in [0.2, 0.25) is 0 Å². The summed E-state index contributed by atoms with van der Waals surface area (Å²) < 4.78 is 5.73. The third-order valence-corrected chi connectivity index (χ3v) is 3.26. The van der Waals surface area contributed by atoms with Crippen LogP contribution in [0.5, 0.6) is 0 Å². The number of nitrogens with two attached hydrogens (primary N) is 1. The smallest absolute Gasteiger partial charge is 0.101 e. The summed E-state index contributed by atoms with van der Waals surface area (Å²) in [6.07, 6.45) is 2.33. The summed E-state index contributed by atoms with van der Waals surface area (Å²) in [5.41, 5.74) is 1.47. The summed E-state index contributed by atoms with van der Waals surface area (Å²) in [6.45, 7) is 6.37. The van der Waals surface area contributed by atoms with Gasteiger partial charge in [-0.1, -0.05) is 30.3 Å². The molecule has 2 rings (SSSR count). The van der Waals surface area contributed by atoms with Gasteiger partial charge in [0.15, 0.2) is 0 Å². The molecule has 88 valence electrons. The lowest BCUT2D eigenvalue weighted by atomic mass is 9.94. The summed E-state index contributed by atoms with van der Waals surface area (Å²) in [5.74, 6) is 0. The Kier molecular flexibility index (Phi) is 3.62. The Labute approximate surface area is 98.0 Å². The van der Waals surface area contributed by atoms with Crippen LogP contribution in [0.1, 0.15) is 32.3 Å². The van der Waals surface area contributed by atoms with Crippen LogP contribution in [0.15, 0.2) is 30.3 Å².